The molecule has 0 radical (unpaired) electrons. The van der Waals surface area contributed by atoms with Crippen LogP contribution in [0.15, 0.2) is 17.4 Å². The van der Waals surface area contributed by atoms with Crippen LogP contribution in [0.2, 0.25) is 0 Å². The third kappa shape index (κ3) is 3.08. The van der Waals surface area contributed by atoms with Gasteiger partial charge in [-0.3, -0.25) is 0 Å². The molecule has 0 bridgehead atoms. The van der Waals surface area contributed by atoms with Gasteiger partial charge in [0.15, 0.2) is 0 Å². The Morgan fingerprint density at radius 1 is 1.59 bits per heavy atom. The van der Waals surface area contributed by atoms with E-state index in [1.54, 1.807) is 25.2 Å². The first-order valence-corrected chi connectivity index (χ1v) is 6.73. The minimum absolute atomic E-state index is 0.218. The fraction of sp³-hybridized carbons (Fsp3) is 0.636. The van der Waals surface area contributed by atoms with Gasteiger partial charge in [-0.25, -0.2) is 9.97 Å². The van der Waals surface area contributed by atoms with Crippen molar-refractivity contribution < 1.29 is 9.47 Å². The lowest BCUT2D eigenvalue weighted by Gasteiger charge is -2.26. The number of thioether (sulfide) groups is 1. The molecule has 0 aromatic carbocycles. The smallest absolute Gasteiger partial charge is 0.130 e. The van der Waals surface area contributed by atoms with Crippen LogP contribution in [-0.4, -0.2) is 48.7 Å². The van der Waals surface area contributed by atoms with Crippen molar-refractivity contribution in [2.75, 3.05) is 38.4 Å². The summed E-state index contributed by atoms with van der Waals surface area (Å²) in [6.45, 7) is 2.10. The molecule has 6 heteroatoms. The molecule has 1 unspecified atom stereocenters. The number of rotatable bonds is 5. The topological polar surface area (TPSA) is 56.3 Å². The molecule has 0 amide bonds. The van der Waals surface area contributed by atoms with Crippen molar-refractivity contribution in [1.82, 2.24) is 9.97 Å². The summed E-state index contributed by atoms with van der Waals surface area (Å²) in [4.78, 5) is 8.31. The predicted molar refractivity (Wildman–Crippen MR) is 67.5 cm³/mol. The summed E-state index contributed by atoms with van der Waals surface area (Å²) in [5.74, 6) is 0.827. The highest BCUT2D eigenvalue weighted by Crippen LogP contribution is 2.23. The number of nitrogens with one attached hydrogen (secondary N) is 1. The average Bonchev–Trinajstić information content (AvgIpc) is 2.86. The van der Waals surface area contributed by atoms with Crippen LogP contribution in [0.1, 0.15) is 6.42 Å². The van der Waals surface area contributed by atoms with Gasteiger partial charge in [0.1, 0.15) is 22.8 Å². The molecule has 0 aliphatic carbocycles. The molecular formula is C11H17N3O2S. The molecule has 1 aromatic heterocycles. The molecule has 1 aliphatic rings. The minimum Gasteiger partial charge on any atom is -0.378 e. The van der Waals surface area contributed by atoms with Crippen molar-refractivity contribution in [1.29, 1.82) is 0 Å². The maximum Gasteiger partial charge on any atom is 0.130 e. The zero-order valence-corrected chi connectivity index (χ0v) is 10.9. The molecule has 1 aromatic rings. The van der Waals surface area contributed by atoms with E-state index in [0.29, 0.717) is 13.2 Å². The Balaban J connectivity index is 1.96. The van der Waals surface area contributed by atoms with Crippen molar-refractivity contribution in [2.24, 2.45) is 0 Å². The Labute approximate surface area is 105 Å². The van der Waals surface area contributed by atoms with Crippen LogP contribution >= 0.6 is 11.8 Å². The second kappa shape index (κ2) is 5.66. The molecule has 1 N–H and O–H groups in total. The third-order valence-electron chi connectivity index (χ3n) is 2.94. The van der Waals surface area contributed by atoms with Gasteiger partial charge in [0.2, 0.25) is 0 Å². The average molecular weight is 255 g/mol. The quantitative estimate of drug-likeness (QED) is 0.634. The first kappa shape index (κ1) is 12.6. The highest BCUT2D eigenvalue weighted by Gasteiger charge is 2.34. The number of hydrogen-bond acceptors (Lipinski definition) is 6. The van der Waals surface area contributed by atoms with Gasteiger partial charge >= 0.3 is 0 Å². The van der Waals surface area contributed by atoms with Gasteiger partial charge in [0.05, 0.1) is 6.61 Å². The summed E-state index contributed by atoms with van der Waals surface area (Å²) < 4.78 is 10.9. The molecule has 17 heavy (non-hydrogen) atoms. The van der Waals surface area contributed by atoms with Gasteiger partial charge in [0.25, 0.3) is 0 Å². The maximum absolute atomic E-state index is 5.54. The molecule has 2 rings (SSSR count). The zero-order valence-electron chi connectivity index (χ0n) is 10.1. The largest absolute Gasteiger partial charge is 0.378 e. The summed E-state index contributed by atoms with van der Waals surface area (Å²) in [5, 5.41) is 4.24. The number of methoxy groups -OCH3 is 1. The molecule has 2 heterocycles. The van der Waals surface area contributed by atoms with Crippen molar-refractivity contribution in [3.05, 3.63) is 12.4 Å². The molecule has 0 spiro atoms. The fourth-order valence-corrected chi connectivity index (χ4v) is 2.14. The molecule has 1 saturated heterocycles. The van der Waals surface area contributed by atoms with Crippen LogP contribution in [-0.2, 0) is 9.47 Å². The molecule has 0 saturated carbocycles. The van der Waals surface area contributed by atoms with Gasteiger partial charge in [-0.15, -0.1) is 11.8 Å². The SMILES string of the molecule is COC1(CNc2cc(SC)ncn2)CCOC1. The Morgan fingerprint density at radius 2 is 2.47 bits per heavy atom. The van der Waals surface area contributed by atoms with E-state index in [9.17, 15) is 0 Å². The molecule has 94 valence electrons. The van der Waals surface area contributed by atoms with E-state index >= 15 is 0 Å². The molecule has 1 atom stereocenters. The van der Waals surface area contributed by atoms with Gasteiger partial charge < -0.3 is 14.8 Å². The number of nitrogens with zero attached hydrogens (tertiary/aromatic N) is 2. The minimum atomic E-state index is -0.218. The second-order valence-electron chi connectivity index (χ2n) is 3.99. The monoisotopic (exact) mass is 255 g/mol. The summed E-state index contributed by atoms with van der Waals surface area (Å²) in [7, 11) is 1.73. The lowest BCUT2D eigenvalue weighted by Crippen LogP contribution is -2.39. The Bertz CT molecular complexity index is 369. The number of hydrogen-bond donors (Lipinski definition) is 1. The highest BCUT2D eigenvalue weighted by atomic mass is 32.2. The lowest BCUT2D eigenvalue weighted by atomic mass is 10.0. The van der Waals surface area contributed by atoms with Crippen LogP contribution in [0, 0.1) is 0 Å². The zero-order chi connectivity index (χ0) is 12.1. The third-order valence-corrected chi connectivity index (χ3v) is 3.58. The van der Waals surface area contributed by atoms with Crippen LogP contribution in [0.4, 0.5) is 5.82 Å². The van der Waals surface area contributed by atoms with E-state index in [-0.39, 0.29) is 5.60 Å². The Kier molecular flexibility index (Phi) is 4.20. The van der Waals surface area contributed by atoms with Crippen molar-refractivity contribution in [2.45, 2.75) is 17.0 Å². The van der Waals surface area contributed by atoms with E-state index in [2.05, 4.69) is 15.3 Å². The lowest BCUT2D eigenvalue weighted by molar-refractivity contribution is -0.00625. The first-order valence-electron chi connectivity index (χ1n) is 5.51. The van der Waals surface area contributed by atoms with Gasteiger partial charge in [-0.1, -0.05) is 0 Å². The highest BCUT2D eigenvalue weighted by molar-refractivity contribution is 7.98. The summed E-state index contributed by atoms with van der Waals surface area (Å²) >= 11 is 1.60. The van der Waals surface area contributed by atoms with Crippen LogP contribution in [0.5, 0.6) is 0 Å². The molecule has 1 fully saturated rings. The van der Waals surface area contributed by atoms with E-state index < -0.39 is 0 Å². The summed E-state index contributed by atoms with van der Waals surface area (Å²) in [5.41, 5.74) is -0.218. The molecule has 5 nitrogen and oxygen atoms in total. The van der Waals surface area contributed by atoms with Crippen molar-refractivity contribution in [3.8, 4) is 0 Å². The number of aromatic nitrogens is 2. The van der Waals surface area contributed by atoms with E-state index in [1.165, 1.54) is 0 Å². The number of anilines is 1. The van der Waals surface area contributed by atoms with Crippen LogP contribution < -0.4 is 5.32 Å². The molecule has 1 aliphatic heterocycles. The second-order valence-corrected chi connectivity index (χ2v) is 4.82. The van der Waals surface area contributed by atoms with Gasteiger partial charge in [-0.05, 0) is 6.26 Å². The predicted octanol–water partition coefficient (Wildman–Crippen LogP) is 1.42. The normalized spacial score (nSPS) is 23.9. The Morgan fingerprint density at radius 3 is 3.12 bits per heavy atom. The van der Waals surface area contributed by atoms with Crippen LogP contribution in [0.3, 0.4) is 0 Å². The van der Waals surface area contributed by atoms with Crippen molar-refractivity contribution in [3.63, 3.8) is 0 Å². The van der Waals surface area contributed by atoms with Crippen LogP contribution in [0.25, 0.3) is 0 Å². The van der Waals surface area contributed by atoms with Gasteiger partial charge in [-0.2, -0.15) is 0 Å². The number of ether oxygens (including phenoxy) is 2. The summed E-state index contributed by atoms with van der Waals surface area (Å²) in [6, 6.07) is 1.93. The Hall–Kier alpha value is -0.850. The fourth-order valence-electron chi connectivity index (χ4n) is 1.76. The van der Waals surface area contributed by atoms with E-state index in [1.807, 2.05) is 12.3 Å². The summed E-state index contributed by atoms with van der Waals surface area (Å²) in [6.07, 6.45) is 4.48. The van der Waals surface area contributed by atoms with E-state index in [0.717, 1.165) is 23.9 Å². The van der Waals surface area contributed by atoms with Gasteiger partial charge in [0, 0.05) is 32.7 Å². The standard InChI is InChI=1S/C11H17N3O2S/c1-15-11(3-4-16-7-11)6-12-9-5-10(17-2)14-8-13-9/h5,8H,3-4,6-7H2,1-2H3,(H,12,13,14). The maximum atomic E-state index is 5.54. The first-order chi connectivity index (χ1) is 8.28. The van der Waals surface area contributed by atoms with E-state index in [4.69, 9.17) is 9.47 Å². The van der Waals surface area contributed by atoms with Crippen molar-refractivity contribution >= 4 is 17.6 Å². The molecular weight excluding hydrogens is 238 g/mol.